The molecule has 0 saturated heterocycles. The van der Waals surface area contributed by atoms with Crippen LogP contribution in [-0.2, 0) is 4.79 Å². The van der Waals surface area contributed by atoms with E-state index < -0.39 is 5.54 Å². The van der Waals surface area contributed by atoms with Gasteiger partial charge in [0.05, 0.1) is 5.54 Å². The topological polar surface area (TPSA) is 46.3 Å². The standard InChI is InChI=1S/C6H14N2O.C2H4.H2/c1-6(2,5(7)9)8(3)4;1-2;/h1-4H3,(H2,7,9);1-2H2;1H. The predicted octanol–water partition coefficient (Wildman–Crippen LogP) is 0.860. The van der Waals surface area contributed by atoms with Crippen molar-refractivity contribution in [2.75, 3.05) is 14.1 Å². The average Bonchev–Trinajstić information content (AvgIpc) is 1.91. The molecule has 1 amide bonds. The molecule has 11 heavy (non-hydrogen) atoms. The third-order valence-electron chi connectivity index (χ3n) is 1.72. The van der Waals surface area contributed by atoms with Crippen molar-refractivity contribution in [3.8, 4) is 0 Å². The fraction of sp³-hybridized carbons (Fsp3) is 0.625. The zero-order chi connectivity index (χ0) is 9.65. The highest BCUT2D eigenvalue weighted by Gasteiger charge is 2.26. The summed E-state index contributed by atoms with van der Waals surface area (Å²) in [5, 5.41) is 0. The van der Waals surface area contributed by atoms with Crippen LogP contribution in [0.15, 0.2) is 13.2 Å². The lowest BCUT2D eigenvalue weighted by Gasteiger charge is -2.28. The van der Waals surface area contributed by atoms with E-state index in [2.05, 4.69) is 13.2 Å². The number of carbonyl (C=O) groups excluding carboxylic acids is 1. The molecule has 2 N–H and O–H groups in total. The van der Waals surface area contributed by atoms with Gasteiger partial charge in [0.25, 0.3) is 0 Å². The molecule has 0 rings (SSSR count). The summed E-state index contributed by atoms with van der Waals surface area (Å²) in [4.78, 5) is 12.4. The molecule has 0 atom stereocenters. The molecule has 0 unspecified atom stereocenters. The van der Waals surface area contributed by atoms with Gasteiger partial charge in [-0.25, -0.2) is 0 Å². The quantitative estimate of drug-likeness (QED) is 0.609. The van der Waals surface area contributed by atoms with Crippen molar-refractivity contribution in [2.24, 2.45) is 5.73 Å². The third-order valence-corrected chi connectivity index (χ3v) is 1.72. The molecule has 0 aliphatic heterocycles. The molecule has 0 aliphatic rings. The Hall–Kier alpha value is -0.830. The molecule has 3 heteroatoms. The smallest absolute Gasteiger partial charge is 0.237 e. The van der Waals surface area contributed by atoms with Crippen LogP contribution in [0, 0.1) is 0 Å². The van der Waals surface area contributed by atoms with Crippen LogP contribution in [0.3, 0.4) is 0 Å². The van der Waals surface area contributed by atoms with Gasteiger partial charge >= 0.3 is 0 Å². The number of rotatable bonds is 2. The monoisotopic (exact) mass is 160 g/mol. The first-order valence-corrected chi connectivity index (χ1v) is 3.36. The summed E-state index contributed by atoms with van der Waals surface area (Å²) in [5.74, 6) is -0.299. The summed E-state index contributed by atoms with van der Waals surface area (Å²) in [7, 11) is 3.65. The Bertz CT molecular complexity index is 135. The molecular weight excluding hydrogens is 140 g/mol. The van der Waals surface area contributed by atoms with Crippen LogP contribution < -0.4 is 5.73 Å². The number of carbonyl (C=O) groups is 1. The van der Waals surface area contributed by atoms with Crippen LogP contribution in [-0.4, -0.2) is 30.4 Å². The van der Waals surface area contributed by atoms with Gasteiger partial charge in [-0.1, -0.05) is 0 Å². The first-order chi connectivity index (χ1) is 4.89. The third kappa shape index (κ3) is 3.78. The molecule has 0 saturated carbocycles. The molecule has 0 aromatic rings. The molecule has 0 spiro atoms. The molecule has 3 nitrogen and oxygen atoms in total. The van der Waals surface area contributed by atoms with E-state index in [-0.39, 0.29) is 7.33 Å². The summed E-state index contributed by atoms with van der Waals surface area (Å²) >= 11 is 0. The Morgan fingerprint density at radius 2 is 1.73 bits per heavy atom. The van der Waals surface area contributed by atoms with Gasteiger partial charge in [0.1, 0.15) is 0 Å². The Morgan fingerprint density at radius 3 is 1.73 bits per heavy atom. The fourth-order valence-electron chi connectivity index (χ4n) is 0.220. The molecule has 0 aliphatic carbocycles. The van der Waals surface area contributed by atoms with Gasteiger partial charge in [0.2, 0.25) is 5.91 Å². The van der Waals surface area contributed by atoms with E-state index in [1.807, 2.05) is 14.1 Å². The van der Waals surface area contributed by atoms with Crippen LogP contribution in [0.4, 0.5) is 0 Å². The molecule has 0 aromatic heterocycles. The van der Waals surface area contributed by atoms with E-state index in [1.165, 1.54) is 0 Å². The molecule has 0 heterocycles. The lowest BCUT2D eigenvalue weighted by molar-refractivity contribution is -0.126. The summed E-state index contributed by atoms with van der Waals surface area (Å²) in [6.45, 7) is 9.57. The summed E-state index contributed by atoms with van der Waals surface area (Å²) in [6, 6.07) is 0. The fourth-order valence-corrected chi connectivity index (χ4v) is 0.220. The van der Waals surface area contributed by atoms with Crippen molar-refractivity contribution < 1.29 is 6.22 Å². The number of amides is 1. The van der Waals surface area contributed by atoms with Gasteiger partial charge in [-0.15, -0.1) is 13.2 Å². The number of nitrogens with two attached hydrogens (primary N) is 1. The van der Waals surface area contributed by atoms with E-state index in [9.17, 15) is 4.79 Å². The maximum absolute atomic E-state index is 10.6. The number of nitrogens with zero attached hydrogens (tertiary/aromatic N) is 1. The molecular formula is C8H20N2O. The number of hydrogen-bond donors (Lipinski definition) is 1. The second kappa shape index (κ2) is 4.91. The maximum Gasteiger partial charge on any atom is 0.237 e. The molecule has 68 valence electrons. The number of likely N-dealkylation sites (N-methyl/N-ethyl adjacent to an activating group) is 1. The molecule has 0 radical (unpaired) electrons. The Kier molecular flexibility index (Phi) is 5.71. The zero-order valence-corrected chi connectivity index (χ0v) is 7.85. The van der Waals surface area contributed by atoms with E-state index in [0.29, 0.717) is 0 Å². The van der Waals surface area contributed by atoms with E-state index in [1.54, 1.807) is 18.7 Å². The second-order valence-corrected chi connectivity index (χ2v) is 2.82. The zero-order valence-electron chi connectivity index (χ0n) is 7.85. The van der Waals surface area contributed by atoms with Gasteiger partial charge in [0.15, 0.2) is 0 Å². The van der Waals surface area contributed by atoms with Gasteiger partial charge in [-0.05, 0) is 27.9 Å². The van der Waals surface area contributed by atoms with E-state index in [4.69, 9.17) is 5.73 Å². The second-order valence-electron chi connectivity index (χ2n) is 2.82. The SMILES string of the molecule is C=C.CN(C)C(C)(C)C(N)=O.[HH]. The van der Waals surface area contributed by atoms with Crippen molar-refractivity contribution in [1.82, 2.24) is 4.90 Å². The van der Waals surface area contributed by atoms with Crippen molar-refractivity contribution in [3.05, 3.63) is 13.2 Å². The van der Waals surface area contributed by atoms with E-state index >= 15 is 0 Å². The minimum Gasteiger partial charge on any atom is -0.368 e. The lowest BCUT2D eigenvalue weighted by atomic mass is 10.0. The van der Waals surface area contributed by atoms with Gasteiger partial charge < -0.3 is 5.73 Å². The normalized spacial score (nSPS) is 10.3. The average molecular weight is 160 g/mol. The van der Waals surface area contributed by atoms with Crippen molar-refractivity contribution in [1.29, 1.82) is 0 Å². The van der Waals surface area contributed by atoms with Crippen molar-refractivity contribution in [3.63, 3.8) is 0 Å². The maximum atomic E-state index is 10.6. The molecule has 0 aromatic carbocycles. The van der Waals surface area contributed by atoms with Crippen LogP contribution in [0.5, 0.6) is 0 Å². The largest absolute Gasteiger partial charge is 0.368 e. The van der Waals surface area contributed by atoms with E-state index in [0.717, 1.165) is 0 Å². The van der Waals surface area contributed by atoms with Gasteiger partial charge in [0, 0.05) is 1.43 Å². The number of primary amides is 1. The van der Waals surface area contributed by atoms with Gasteiger partial charge in [-0.2, -0.15) is 0 Å². The van der Waals surface area contributed by atoms with Gasteiger partial charge in [-0.3, -0.25) is 9.69 Å². The highest BCUT2D eigenvalue weighted by molar-refractivity contribution is 5.83. The van der Waals surface area contributed by atoms with Crippen LogP contribution in [0.25, 0.3) is 0 Å². The van der Waals surface area contributed by atoms with Crippen molar-refractivity contribution in [2.45, 2.75) is 19.4 Å². The summed E-state index contributed by atoms with van der Waals surface area (Å²) in [5.41, 5.74) is 4.56. The summed E-state index contributed by atoms with van der Waals surface area (Å²) in [6.07, 6.45) is 0. The Labute approximate surface area is 70.4 Å². The van der Waals surface area contributed by atoms with Crippen LogP contribution in [0.2, 0.25) is 0 Å². The highest BCUT2D eigenvalue weighted by Crippen LogP contribution is 2.07. The van der Waals surface area contributed by atoms with Crippen LogP contribution >= 0.6 is 0 Å². The summed E-state index contributed by atoms with van der Waals surface area (Å²) < 4.78 is 0. The van der Waals surface area contributed by atoms with Crippen LogP contribution in [0.1, 0.15) is 15.3 Å². The first-order valence-electron chi connectivity index (χ1n) is 3.36. The highest BCUT2D eigenvalue weighted by atomic mass is 16.1. The minimum atomic E-state index is -0.528. The Balaban J connectivity index is -0.000000249. The molecule has 0 bridgehead atoms. The minimum absolute atomic E-state index is 0. The molecule has 0 fully saturated rings. The van der Waals surface area contributed by atoms with Crippen molar-refractivity contribution >= 4 is 5.91 Å². The Morgan fingerprint density at radius 1 is 1.45 bits per heavy atom. The number of hydrogen-bond acceptors (Lipinski definition) is 2. The lowest BCUT2D eigenvalue weighted by Crippen LogP contribution is -2.49. The first kappa shape index (κ1) is 12.8. The predicted molar refractivity (Wildman–Crippen MR) is 50.3 cm³/mol.